The molecule has 0 atom stereocenters. The first-order valence-electron chi connectivity index (χ1n) is 6.93. The summed E-state index contributed by atoms with van der Waals surface area (Å²) >= 11 is 3.61. The summed E-state index contributed by atoms with van der Waals surface area (Å²) in [5, 5.41) is 4.34. The van der Waals surface area contributed by atoms with E-state index in [4.69, 9.17) is 0 Å². The molecule has 0 saturated carbocycles. The van der Waals surface area contributed by atoms with Crippen molar-refractivity contribution in [2.75, 3.05) is 0 Å². The predicted octanol–water partition coefficient (Wildman–Crippen LogP) is 2.97. The first-order valence-corrected chi connectivity index (χ1v) is 8.82. The molecular weight excluding hydrogens is 421 g/mol. The van der Waals surface area contributed by atoms with Gasteiger partial charge in [-0.2, -0.15) is 9.50 Å². The number of benzene rings is 2. The van der Waals surface area contributed by atoms with Gasteiger partial charge in [0.25, 0.3) is 5.56 Å². The fourth-order valence-corrected chi connectivity index (χ4v) is 3.52. The van der Waals surface area contributed by atoms with Crippen LogP contribution in [-0.2, 0) is 0 Å². The van der Waals surface area contributed by atoms with Gasteiger partial charge in [0.2, 0.25) is 4.96 Å². The van der Waals surface area contributed by atoms with Gasteiger partial charge >= 0.3 is 0 Å². The van der Waals surface area contributed by atoms with E-state index in [0.29, 0.717) is 15.3 Å². The molecule has 0 aliphatic heterocycles. The van der Waals surface area contributed by atoms with Crippen LogP contribution in [0.25, 0.3) is 22.4 Å². The van der Waals surface area contributed by atoms with Crippen LogP contribution in [-0.4, -0.2) is 14.6 Å². The Bertz CT molecular complexity index is 1080. The lowest BCUT2D eigenvalue weighted by Crippen LogP contribution is -2.23. The van der Waals surface area contributed by atoms with Crippen LogP contribution < -0.4 is 10.1 Å². The summed E-state index contributed by atoms with van der Waals surface area (Å²) in [5.74, 6) is 0.578. The number of rotatable bonds is 2. The van der Waals surface area contributed by atoms with E-state index >= 15 is 0 Å². The number of halogens is 1. The molecule has 0 aliphatic carbocycles. The van der Waals surface area contributed by atoms with Crippen molar-refractivity contribution in [3.63, 3.8) is 0 Å². The van der Waals surface area contributed by atoms with Gasteiger partial charge in [-0.3, -0.25) is 4.79 Å². The highest BCUT2D eigenvalue weighted by atomic mass is 127. The first-order chi connectivity index (χ1) is 11.2. The molecule has 23 heavy (non-hydrogen) atoms. The van der Waals surface area contributed by atoms with Crippen molar-refractivity contribution in [1.29, 1.82) is 0 Å². The zero-order chi connectivity index (χ0) is 15.8. The van der Waals surface area contributed by atoms with Gasteiger partial charge in [-0.15, -0.1) is 5.10 Å². The molecule has 0 spiro atoms. The van der Waals surface area contributed by atoms with Gasteiger partial charge in [-0.1, -0.05) is 53.8 Å². The zero-order valence-corrected chi connectivity index (χ0v) is 14.8. The highest BCUT2D eigenvalue weighted by Gasteiger charge is 2.11. The lowest BCUT2D eigenvalue weighted by molar-refractivity contribution is 0.937. The molecule has 0 radical (unpaired) electrons. The molecular formula is C17H10IN3OS. The normalized spacial score (nSPS) is 12.1. The number of nitrogens with zero attached hydrogens (tertiary/aromatic N) is 3. The summed E-state index contributed by atoms with van der Waals surface area (Å²) < 4.78 is 3.18. The van der Waals surface area contributed by atoms with Gasteiger partial charge in [0.05, 0.1) is 4.53 Å². The molecule has 0 unspecified atom stereocenters. The number of fused-ring (bicyclic) bond motifs is 1. The van der Waals surface area contributed by atoms with E-state index in [0.717, 1.165) is 14.7 Å². The Morgan fingerprint density at radius 3 is 2.48 bits per heavy atom. The molecule has 0 saturated heterocycles. The smallest absolute Gasteiger partial charge is 0.266 e. The summed E-state index contributed by atoms with van der Waals surface area (Å²) in [6.45, 7) is 0. The molecule has 0 bridgehead atoms. The highest BCUT2D eigenvalue weighted by molar-refractivity contribution is 14.1. The van der Waals surface area contributed by atoms with Crippen molar-refractivity contribution in [3.05, 3.63) is 78.6 Å². The van der Waals surface area contributed by atoms with Gasteiger partial charge in [0, 0.05) is 9.13 Å². The summed E-state index contributed by atoms with van der Waals surface area (Å²) in [6.07, 6.45) is 1.88. The SMILES string of the molecule is O=c1c(=Cc2ccc(I)cc2)sc2nc(-c3ccccc3)nn12. The van der Waals surface area contributed by atoms with Crippen molar-refractivity contribution < 1.29 is 0 Å². The number of aromatic nitrogens is 3. The minimum atomic E-state index is -0.127. The van der Waals surface area contributed by atoms with Crippen LogP contribution in [0.2, 0.25) is 0 Å². The molecule has 0 amide bonds. The van der Waals surface area contributed by atoms with Crippen molar-refractivity contribution >= 4 is 45.0 Å². The predicted molar refractivity (Wildman–Crippen MR) is 101 cm³/mol. The van der Waals surface area contributed by atoms with Crippen LogP contribution in [0.5, 0.6) is 0 Å². The first kappa shape index (κ1) is 14.5. The third kappa shape index (κ3) is 2.79. The molecule has 4 nitrogen and oxygen atoms in total. The van der Waals surface area contributed by atoms with E-state index in [-0.39, 0.29) is 5.56 Å². The number of thiazole rings is 1. The molecule has 2 heterocycles. The second kappa shape index (κ2) is 5.86. The highest BCUT2D eigenvalue weighted by Crippen LogP contribution is 2.15. The van der Waals surface area contributed by atoms with Gasteiger partial charge in [-0.25, -0.2) is 0 Å². The molecule has 0 N–H and O–H groups in total. The summed E-state index contributed by atoms with van der Waals surface area (Å²) in [4.78, 5) is 17.6. The third-order valence-electron chi connectivity index (χ3n) is 3.38. The average Bonchev–Trinajstić information content (AvgIpc) is 3.11. The van der Waals surface area contributed by atoms with Gasteiger partial charge in [0.1, 0.15) is 0 Å². The standard InChI is InChI=1S/C17H10IN3OS/c18-13-8-6-11(7-9-13)10-14-16(22)21-17(23-14)19-15(20-21)12-4-2-1-3-5-12/h1-10H. The van der Waals surface area contributed by atoms with Crippen molar-refractivity contribution in [2.24, 2.45) is 0 Å². The molecule has 4 rings (SSSR count). The third-order valence-corrected chi connectivity index (χ3v) is 5.06. The molecule has 2 aromatic heterocycles. The maximum Gasteiger partial charge on any atom is 0.291 e. The summed E-state index contributed by atoms with van der Waals surface area (Å²) in [5.41, 5.74) is 1.78. The Morgan fingerprint density at radius 2 is 1.78 bits per heavy atom. The lowest BCUT2D eigenvalue weighted by Gasteiger charge is -1.92. The second-order valence-electron chi connectivity index (χ2n) is 4.96. The minimum Gasteiger partial charge on any atom is -0.266 e. The van der Waals surface area contributed by atoms with Crippen LogP contribution in [0.3, 0.4) is 0 Å². The number of hydrogen-bond acceptors (Lipinski definition) is 4. The van der Waals surface area contributed by atoms with Crippen molar-refractivity contribution in [1.82, 2.24) is 14.6 Å². The van der Waals surface area contributed by atoms with Crippen LogP contribution in [0.1, 0.15) is 5.56 Å². The molecule has 0 fully saturated rings. The van der Waals surface area contributed by atoms with E-state index in [9.17, 15) is 4.79 Å². The van der Waals surface area contributed by atoms with E-state index in [1.54, 1.807) is 0 Å². The maximum atomic E-state index is 12.5. The van der Waals surface area contributed by atoms with Crippen LogP contribution >= 0.6 is 33.9 Å². The van der Waals surface area contributed by atoms with E-state index < -0.39 is 0 Å². The average molecular weight is 431 g/mol. The van der Waals surface area contributed by atoms with E-state index in [1.807, 2.05) is 60.7 Å². The van der Waals surface area contributed by atoms with Gasteiger partial charge < -0.3 is 0 Å². The molecule has 0 aliphatic rings. The van der Waals surface area contributed by atoms with Crippen LogP contribution in [0.15, 0.2) is 59.4 Å². The minimum absolute atomic E-state index is 0.127. The fourth-order valence-electron chi connectivity index (χ4n) is 2.25. The Morgan fingerprint density at radius 1 is 1.04 bits per heavy atom. The summed E-state index contributed by atoms with van der Waals surface area (Å²) in [7, 11) is 0. The van der Waals surface area contributed by atoms with Crippen LogP contribution in [0.4, 0.5) is 0 Å². The van der Waals surface area contributed by atoms with Crippen LogP contribution in [0, 0.1) is 3.57 Å². The number of hydrogen-bond donors (Lipinski definition) is 0. The Balaban J connectivity index is 1.82. The molecule has 6 heteroatoms. The Labute approximate surface area is 149 Å². The maximum absolute atomic E-state index is 12.5. The van der Waals surface area contributed by atoms with E-state index in [1.165, 1.54) is 15.9 Å². The zero-order valence-electron chi connectivity index (χ0n) is 11.8. The Hall–Kier alpha value is -2.06. The molecule has 4 aromatic rings. The van der Waals surface area contributed by atoms with Crippen molar-refractivity contribution in [3.8, 4) is 11.4 Å². The second-order valence-corrected chi connectivity index (χ2v) is 7.22. The summed E-state index contributed by atoms with van der Waals surface area (Å²) in [6, 6.07) is 17.7. The molecule has 112 valence electrons. The fraction of sp³-hybridized carbons (Fsp3) is 0. The Kier molecular flexibility index (Phi) is 3.70. The lowest BCUT2D eigenvalue weighted by atomic mass is 10.2. The van der Waals surface area contributed by atoms with Gasteiger partial charge in [0.15, 0.2) is 5.82 Å². The largest absolute Gasteiger partial charge is 0.291 e. The molecule has 2 aromatic carbocycles. The van der Waals surface area contributed by atoms with Gasteiger partial charge in [-0.05, 0) is 46.4 Å². The van der Waals surface area contributed by atoms with E-state index in [2.05, 4.69) is 32.7 Å². The topological polar surface area (TPSA) is 47.3 Å². The van der Waals surface area contributed by atoms with Crippen molar-refractivity contribution in [2.45, 2.75) is 0 Å². The quantitative estimate of drug-likeness (QED) is 0.459. The monoisotopic (exact) mass is 431 g/mol.